The molecule has 36 heavy (non-hydrogen) atoms. The second-order valence-corrected chi connectivity index (χ2v) is 8.35. The third-order valence-corrected chi connectivity index (χ3v) is 5.58. The molecule has 0 aliphatic rings. The standard InChI is InChI=1S/C29H21ClN4O2/c30-23-17-24(33-29(35)22-9-7-20(8-10-22)27-5-1-3-15-31-27)19-25(18-23)34-36-26-13-11-21(12-14-26)28-6-2-4-16-32-28/h1-19,34H,(H,33,35). The van der Waals surface area contributed by atoms with E-state index in [9.17, 15) is 4.79 Å². The van der Waals surface area contributed by atoms with Crippen LogP contribution in [0.3, 0.4) is 0 Å². The minimum absolute atomic E-state index is 0.248. The minimum atomic E-state index is -0.248. The van der Waals surface area contributed by atoms with Crippen LogP contribution in [0.4, 0.5) is 11.4 Å². The predicted octanol–water partition coefficient (Wildman–Crippen LogP) is 7.12. The maximum atomic E-state index is 12.8. The first kappa shape index (κ1) is 23.1. The van der Waals surface area contributed by atoms with Crippen molar-refractivity contribution in [2.24, 2.45) is 0 Å². The summed E-state index contributed by atoms with van der Waals surface area (Å²) in [4.78, 5) is 27.2. The number of pyridine rings is 2. The molecular weight excluding hydrogens is 472 g/mol. The van der Waals surface area contributed by atoms with Gasteiger partial charge >= 0.3 is 0 Å². The number of amides is 1. The van der Waals surface area contributed by atoms with Crippen LogP contribution in [-0.2, 0) is 0 Å². The summed E-state index contributed by atoms with van der Waals surface area (Å²) in [7, 11) is 0. The van der Waals surface area contributed by atoms with Crippen LogP contribution < -0.4 is 15.6 Å². The average Bonchev–Trinajstić information content (AvgIpc) is 2.93. The number of nitrogens with one attached hydrogen (secondary N) is 2. The number of benzene rings is 3. The quantitative estimate of drug-likeness (QED) is 0.236. The highest BCUT2D eigenvalue weighted by Gasteiger charge is 2.09. The number of carbonyl (C=O) groups excluding carboxylic acids is 1. The van der Waals surface area contributed by atoms with E-state index in [0.717, 1.165) is 22.5 Å². The van der Waals surface area contributed by atoms with E-state index in [1.165, 1.54) is 0 Å². The van der Waals surface area contributed by atoms with Crippen LogP contribution in [0.25, 0.3) is 22.5 Å². The van der Waals surface area contributed by atoms with Crippen LogP contribution in [0.2, 0.25) is 5.02 Å². The molecule has 0 aliphatic carbocycles. The largest absolute Gasteiger partial charge is 0.382 e. The maximum Gasteiger partial charge on any atom is 0.255 e. The van der Waals surface area contributed by atoms with Gasteiger partial charge in [0.05, 0.1) is 17.1 Å². The van der Waals surface area contributed by atoms with Crippen LogP contribution in [0.1, 0.15) is 10.4 Å². The first-order valence-corrected chi connectivity index (χ1v) is 11.6. The van der Waals surface area contributed by atoms with Crippen molar-refractivity contribution in [3.63, 3.8) is 0 Å². The van der Waals surface area contributed by atoms with Gasteiger partial charge in [-0.25, -0.2) is 5.48 Å². The number of hydrogen-bond donors (Lipinski definition) is 2. The first-order valence-electron chi connectivity index (χ1n) is 11.2. The van der Waals surface area contributed by atoms with E-state index in [-0.39, 0.29) is 5.91 Å². The Kier molecular flexibility index (Phi) is 6.87. The molecule has 5 aromatic rings. The Bertz CT molecular complexity index is 1460. The lowest BCUT2D eigenvalue weighted by atomic mass is 10.1. The Morgan fingerprint density at radius 2 is 1.28 bits per heavy atom. The molecule has 176 valence electrons. The summed E-state index contributed by atoms with van der Waals surface area (Å²) in [6.07, 6.45) is 3.50. The van der Waals surface area contributed by atoms with Gasteiger partial charge in [0, 0.05) is 39.8 Å². The molecule has 0 fully saturated rings. The third-order valence-electron chi connectivity index (χ3n) is 5.37. The Morgan fingerprint density at radius 3 is 1.86 bits per heavy atom. The van der Waals surface area contributed by atoms with Gasteiger partial charge in [-0.15, -0.1) is 0 Å². The van der Waals surface area contributed by atoms with Crippen molar-refractivity contribution in [1.29, 1.82) is 0 Å². The van der Waals surface area contributed by atoms with E-state index < -0.39 is 0 Å². The fraction of sp³-hybridized carbons (Fsp3) is 0. The zero-order chi connectivity index (χ0) is 24.7. The number of anilines is 2. The normalized spacial score (nSPS) is 10.5. The molecule has 0 bridgehead atoms. The number of carbonyl (C=O) groups is 1. The summed E-state index contributed by atoms with van der Waals surface area (Å²) >= 11 is 6.28. The van der Waals surface area contributed by atoms with E-state index in [1.807, 2.05) is 72.8 Å². The van der Waals surface area contributed by atoms with Gasteiger partial charge in [-0.1, -0.05) is 35.9 Å². The van der Waals surface area contributed by atoms with Gasteiger partial charge in [-0.05, 0) is 78.9 Å². The summed E-state index contributed by atoms with van der Waals surface area (Å²) < 4.78 is 0. The van der Waals surface area contributed by atoms with Crippen LogP contribution in [0, 0.1) is 0 Å². The monoisotopic (exact) mass is 492 g/mol. The molecule has 0 atom stereocenters. The number of hydrogen-bond acceptors (Lipinski definition) is 5. The van der Waals surface area contributed by atoms with Crippen LogP contribution in [0.15, 0.2) is 116 Å². The van der Waals surface area contributed by atoms with Crippen molar-refractivity contribution in [1.82, 2.24) is 9.97 Å². The van der Waals surface area contributed by atoms with Gasteiger partial charge in [-0.2, -0.15) is 0 Å². The second kappa shape index (κ2) is 10.7. The zero-order valence-electron chi connectivity index (χ0n) is 19.1. The SMILES string of the molecule is O=C(Nc1cc(Cl)cc(NOc2ccc(-c3ccccn3)cc2)c1)c1ccc(-c2ccccn2)cc1. The van der Waals surface area contributed by atoms with Gasteiger partial charge in [0.1, 0.15) is 0 Å². The summed E-state index contributed by atoms with van der Waals surface area (Å²) in [5.74, 6) is 0.370. The molecular formula is C29H21ClN4O2. The third kappa shape index (κ3) is 5.68. The molecule has 7 heteroatoms. The number of aromatic nitrogens is 2. The fourth-order valence-corrected chi connectivity index (χ4v) is 3.83. The molecule has 2 N–H and O–H groups in total. The van der Waals surface area contributed by atoms with Crippen molar-refractivity contribution >= 4 is 28.9 Å². The molecule has 0 unspecified atom stereocenters. The smallest absolute Gasteiger partial charge is 0.255 e. The summed E-state index contributed by atoms with van der Waals surface area (Å²) in [6, 6.07) is 31.4. The van der Waals surface area contributed by atoms with Crippen LogP contribution >= 0.6 is 11.6 Å². The van der Waals surface area contributed by atoms with Gasteiger partial charge in [-0.3, -0.25) is 14.8 Å². The molecule has 0 aliphatic heterocycles. The highest BCUT2D eigenvalue weighted by atomic mass is 35.5. The van der Waals surface area contributed by atoms with Crippen molar-refractivity contribution in [3.05, 3.63) is 126 Å². The van der Waals surface area contributed by atoms with Gasteiger partial charge in [0.15, 0.2) is 5.75 Å². The van der Waals surface area contributed by atoms with Crippen molar-refractivity contribution in [3.8, 4) is 28.3 Å². The molecule has 2 aromatic heterocycles. The van der Waals surface area contributed by atoms with Crippen LogP contribution in [0.5, 0.6) is 5.75 Å². The number of halogens is 1. The summed E-state index contributed by atoms with van der Waals surface area (Å²) in [6.45, 7) is 0. The van der Waals surface area contributed by atoms with Crippen molar-refractivity contribution < 1.29 is 9.63 Å². The Hall–Kier alpha value is -4.68. The molecule has 0 spiro atoms. The lowest BCUT2D eigenvalue weighted by Crippen LogP contribution is -2.12. The molecule has 0 saturated heterocycles. The van der Waals surface area contributed by atoms with Crippen molar-refractivity contribution in [2.45, 2.75) is 0 Å². The Balaban J connectivity index is 1.23. The maximum absolute atomic E-state index is 12.8. The zero-order valence-corrected chi connectivity index (χ0v) is 19.8. The summed E-state index contributed by atoms with van der Waals surface area (Å²) in [5.41, 5.74) is 8.20. The topological polar surface area (TPSA) is 76.1 Å². The first-order chi connectivity index (χ1) is 17.6. The lowest BCUT2D eigenvalue weighted by Gasteiger charge is -2.12. The highest BCUT2D eigenvalue weighted by Crippen LogP contribution is 2.25. The Morgan fingerprint density at radius 1 is 0.694 bits per heavy atom. The molecule has 0 radical (unpaired) electrons. The number of rotatable bonds is 7. The van der Waals surface area contributed by atoms with E-state index in [2.05, 4.69) is 20.8 Å². The summed E-state index contributed by atoms with van der Waals surface area (Å²) in [5, 5.41) is 3.33. The molecule has 0 saturated carbocycles. The van der Waals surface area contributed by atoms with Gasteiger partial charge in [0.2, 0.25) is 0 Å². The van der Waals surface area contributed by atoms with E-state index >= 15 is 0 Å². The minimum Gasteiger partial charge on any atom is -0.382 e. The second-order valence-electron chi connectivity index (χ2n) is 7.92. The predicted molar refractivity (Wildman–Crippen MR) is 143 cm³/mol. The van der Waals surface area contributed by atoms with E-state index in [0.29, 0.717) is 27.7 Å². The van der Waals surface area contributed by atoms with Crippen molar-refractivity contribution in [2.75, 3.05) is 10.8 Å². The molecule has 6 nitrogen and oxygen atoms in total. The Labute approximate surface area is 213 Å². The van der Waals surface area contributed by atoms with E-state index in [1.54, 1.807) is 42.7 Å². The van der Waals surface area contributed by atoms with Gasteiger partial charge < -0.3 is 10.2 Å². The molecule has 2 heterocycles. The average molecular weight is 493 g/mol. The number of nitrogens with zero attached hydrogens (tertiary/aromatic N) is 2. The lowest BCUT2D eigenvalue weighted by molar-refractivity contribution is 0.102. The molecule has 5 rings (SSSR count). The van der Waals surface area contributed by atoms with Gasteiger partial charge in [0.25, 0.3) is 5.91 Å². The molecule has 3 aromatic carbocycles. The van der Waals surface area contributed by atoms with E-state index in [4.69, 9.17) is 16.4 Å². The van der Waals surface area contributed by atoms with Crippen LogP contribution in [-0.4, -0.2) is 15.9 Å². The highest BCUT2D eigenvalue weighted by molar-refractivity contribution is 6.31. The molecule has 1 amide bonds. The fourth-order valence-electron chi connectivity index (χ4n) is 3.59.